The van der Waals surface area contributed by atoms with Gasteiger partial charge in [0.05, 0.1) is 5.56 Å². The second kappa shape index (κ2) is 5.77. The van der Waals surface area contributed by atoms with Crippen molar-refractivity contribution in [1.29, 1.82) is 0 Å². The topological polar surface area (TPSA) is 49.3 Å². The standard InChI is InChI=1S/C16H17NO2S/c18-16(19)13-8-14(20-10-13)9-17-15(12-6-7-12)11-4-2-1-3-5-11/h1-5,8,10,12,15,17H,6-7,9H2,(H,18,19). The predicted molar refractivity (Wildman–Crippen MR) is 80.0 cm³/mol. The van der Waals surface area contributed by atoms with Crippen molar-refractivity contribution in [1.82, 2.24) is 5.32 Å². The van der Waals surface area contributed by atoms with Crippen molar-refractivity contribution < 1.29 is 9.90 Å². The monoisotopic (exact) mass is 287 g/mol. The highest BCUT2D eigenvalue weighted by molar-refractivity contribution is 7.10. The van der Waals surface area contributed by atoms with Crippen molar-refractivity contribution >= 4 is 17.3 Å². The Morgan fingerprint density at radius 2 is 2.10 bits per heavy atom. The summed E-state index contributed by atoms with van der Waals surface area (Å²) in [4.78, 5) is 12.0. The molecule has 0 amide bonds. The summed E-state index contributed by atoms with van der Waals surface area (Å²) in [5, 5.41) is 14.2. The zero-order valence-electron chi connectivity index (χ0n) is 11.1. The lowest BCUT2D eigenvalue weighted by molar-refractivity contribution is 0.0697. The number of carboxylic acid groups (broad SMARTS) is 1. The van der Waals surface area contributed by atoms with Crippen molar-refractivity contribution in [3.63, 3.8) is 0 Å². The van der Waals surface area contributed by atoms with Gasteiger partial charge in [-0.05, 0) is 30.4 Å². The highest BCUT2D eigenvalue weighted by Gasteiger charge is 2.31. The van der Waals surface area contributed by atoms with Gasteiger partial charge in [0.1, 0.15) is 0 Å². The molecule has 104 valence electrons. The summed E-state index contributed by atoms with van der Waals surface area (Å²) >= 11 is 1.50. The molecule has 1 aliphatic rings. The Bertz CT molecular complexity index is 590. The molecule has 1 saturated carbocycles. The number of hydrogen-bond acceptors (Lipinski definition) is 3. The normalized spacial score (nSPS) is 16.0. The number of benzene rings is 1. The van der Waals surface area contributed by atoms with Crippen LogP contribution >= 0.6 is 11.3 Å². The SMILES string of the molecule is O=C(O)c1csc(CNC(c2ccccc2)C2CC2)c1. The predicted octanol–water partition coefficient (Wildman–Crippen LogP) is 3.69. The number of nitrogens with one attached hydrogen (secondary N) is 1. The molecule has 1 atom stereocenters. The van der Waals surface area contributed by atoms with E-state index in [0.29, 0.717) is 11.6 Å². The van der Waals surface area contributed by atoms with Gasteiger partial charge in [-0.25, -0.2) is 4.79 Å². The van der Waals surface area contributed by atoms with Crippen LogP contribution in [0.1, 0.15) is 39.7 Å². The molecule has 1 aliphatic carbocycles. The second-order valence-electron chi connectivity index (χ2n) is 5.21. The molecule has 2 N–H and O–H groups in total. The summed E-state index contributed by atoms with van der Waals surface area (Å²) in [5.41, 5.74) is 1.71. The molecule has 0 spiro atoms. The Balaban J connectivity index is 1.67. The van der Waals surface area contributed by atoms with Crippen LogP contribution in [0.25, 0.3) is 0 Å². The Hall–Kier alpha value is -1.65. The minimum absolute atomic E-state index is 0.381. The second-order valence-corrected chi connectivity index (χ2v) is 6.21. The van der Waals surface area contributed by atoms with E-state index < -0.39 is 5.97 Å². The number of rotatable bonds is 6. The molecule has 1 unspecified atom stereocenters. The van der Waals surface area contributed by atoms with E-state index in [1.54, 1.807) is 11.4 Å². The van der Waals surface area contributed by atoms with Crippen molar-refractivity contribution in [3.05, 3.63) is 57.8 Å². The number of thiophene rings is 1. The first-order valence-electron chi connectivity index (χ1n) is 6.83. The van der Waals surface area contributed by atoms with Crippen LogP contribution in [0.4, 0.5) is 0 Å². The number of carboxylic acids is 1. The zero-order valence-corrected chi connectivity index (χ0v) is 11.9. The highest BCUT2D eigenvalue weighted by Crippen LogP contribution is 2.41. The van der Waals surface area contributed by atoms with E-state index in [0.717, 1.165) is 17.3 Å². The van der Waals surface area contributed by atoms with Crippen molar-refractivity contribution in [2.75, 3.05) is 0 Å². The van der Waals surface area contributed by atoms with Gasteiger partial charge >= 0.3 is 5.97 Å². The molecule has 2 aromatic rings. The average molecular weight is 287 g/mol. The lowest BCUT2D eigenvalue weighted by Crippen LogP contribution is -2.22. The van der Waals surface area contributed by atoms with Gasteiger partial charge in [0.2, 0.25) is 0 Å². The van der Waals surface area contributed by atoms with E-state index in [-0.39, 0.29) is 0 Å². The van der Waals surface area contributed by atoms with Gasteiger partial charge in [-0.3, -0.25) is 0 Å². The molecule has 3 rings (SSSR count). The maximum Gasteiger partial charge on any atom is 0.336 e. The Morgan fingerprint density at radius 3 is 2.70 bits per heavy atom. The van der Waals surface area contributed by atoms with Crippen LogP contribution in [-0.2, 0) is 6.54 Å². The molecular weight excluding hydrogens is 270 g/mol. The van der Waals surface area contributed by atoms with Crippen LogP contribution in [-0.4, -0.2) is 11.1 Å². The third-order valence-corrected chi connectivity index (χ3v) is 4.59. The third kappa shape index (κ3) is 3.08. The van der Waals surface area contributed by atoms with E-state index in [1.165, 1.54) is 29.7 Å². The van der Waals surface area contributed by atoms with Gasteiger partial charge in [-0.15, -0.1) is 11.3 Å². The van der Waals surface area contributed by atoms with Gasteiger partial charge in [0.25, 0.3) is 0 Å². The number of hydrogen-bond donors (Lipinski definition) is 2. The quantitative estimate of drug-likeness (QED) is 0.852. The molecule has 20 heavy (non-hydrogen) atoms. The van der Waals surface area contributed by atoms with Crippen LogP contribution in [0.5, 0.6) is 0 Å². The van der Waals surface area contributed by atoms with Crippen molar-refractivity contribution in [2.45, 2.75) is 25.4 Å². The first-order chi connectivity index (χ1) is 9.74. The largest absolute Gasteiger partial charge is 0.478 e. The number of aromatic carboxylic acids is 1. The Labute approximate surface area is 122 Å². The molecule has 0 bridgehead atoms. The summed E-state index contributed by atoms with van der Waals surface area (Å²) in [6.45, 7) is 0.730. The first kappa shape index (κ1) is 13.3. The molecule has 0 saturated heterocycles. The average Bonchev–Trinajstić information content (AvgIpc) is 3.17. The van der Waals surface area contributed by atoms with Crippen LogP contribution in [0.3, 0.4) is 0 Å². The summed E-state index contributed by atoms with van der Waals surface area (Å²) < 4.78 is 0. The van der Waals surface area contributed by atoms with Gasteiger partial charge in [-0.2, -0.15) is 0 Å². The van der Waals surface area contributed by atoms with Crippen LogP contribution in [0, 0.1) is 5.92 Å². The van der Waals surface area contributed by atoms with E-state index in [9.17, 15) is 4.79 Å². The molecule has 0 radical (unpaired) electrons. The Morgan fingerprint density at radius 1 is 1.35 bits per heavy atom. The van der Waals surface area contributed by atoms with E-state index in [1.807, 2.05) is 6.07 Å². The first-order valence-corrected chi connectivity index (χ1v) is 7.71. The summed E-state index contributed by atoms with van der Waals surface area (Å²) in [5.74, 6) is -0.134. The van der Waals surface area contributed by atoms with E-state index in [2.05, 4.69) is 29.6 Å². The molecule has 4 heteroatoms. The van der Waals surface area contributed by atoms with Crippen molar-refractivity contribution in [3.8, 4) is 0 Å². The summed E-state index contributed by atoms with van der Waals surface area (Å²) in [7, 11) is 0. The minimum atomic E-state index is -0.852. The maximum absolute atomic E-state index is 10.9. The van der Waals surface area contributed by atoms with E-state index >= 15 is 0 Å². The molecule has 0 aliphatic heterocycles. The third-order valence-electron chi connectivity index (χ3n) is 3.65. The molecule has 1 aromatic carbocycles. The molecule has 1 aromatic heterocycles. The van der Waals surface area contributed by atoms with Gasteiger partial charge in [0.15, 0.2) is 0 Å². The van der Waals surface area contributed by atoms with Gasteiger partial charge < -0.3 is 10.4 Å². The lowest BCUT2D eigenvalue weighted by atomic mass is 10.0. The smallest absolute Gasteiger partial charge is 0.336 e. The van der Waals surface area contributed by atoms with E-state index in [4.69, 9.17) is 5.11 Å². The Kier molecular flexibility index (Phi) is 3.85. The summed E-state index contributed by atoms with van der Waals surface area (Å²) in [6, 6.07) is 12.6. The molecule has 1 heterocycles. The van der Waals surface area contributed by atoms with Gasteiger partial charge in [-0.1, -0.05) is 30.3 Å². The van der Waals surface area contributed by atoms with Gasteiger partial charge in [0, 0.05) is 22.8 Å². The maximum atomic E-state index is 10.9. The van der Waals surface area contributed by atoms with Crippen LogP contribution in [0.2, 0.25) is 0 Å². The molecular formula is C16H17NO2S. The molecule has 1 fully saturated rings. The highest BCUT2D eigenvalue weighted by atomic mass is 32.1. The zero-order chi connectivity index (χ0) is 13.9. The fourth-order valence-corrected chi connectivity index (χ4v) is 3.25. The number of carbonyl (C=O) groups is 1. The summed E-state index contributed by atoms with van der Waals surface area (Å²) in [6.07, 6.45) is 2.55. The van der Waals surface area contributed by atoms with Crippen molar-refractivity contribution in [2.24, 2.45) is 5.92 Å². The fourth-order valence-electron chi connectivity index (χ4n) is 2.44. The van der Waals surface area contributed by atoms with Crippen LogP contribution < -0.4 is 5.32 Å². The fraction of sp³-hybridized carbons (Fsp3) is 0.312. The van der Waals surface area contributed by atoms with Crippen LogP contribution in [0.15, 0.2) is 41.8 Å². The lowest BCUT2D eigenvalue weighted by Gasteiger charge is -2.18. The minimum Gasteiger partial charge on any atom is -0.478 e. The molecule has 3 nitrogen and oxygen atoms in total.